The zero-order chi connectivity index (χ0) is 10.7. The highest BCUT2D eigenvalue weighted by Gasteiger charge is 2.31. The van der Waals surface area contributed by atoms with E-state index in [0.717, 1.165) is 19.5 Å². The van der Waals surface area contributed by atoms with Gasteiger partial charge >= 0.3 is 7.12 Å². The first-order valence-electron chi connectivity index (χ1n) is 5.43. The molecule has 2 nitrogen and oxygen atoms in total. The number of benzene rings is 1. The van der Waals surface area contributed by atoms with Gasteiger partial charge in [-0.2, -0.15) is 0 Å². The fourth-order valence-corrected chi connectivity index (χ4v) is 1.65. The lowest BCUT2D eigenvalue weighted by Gasteiger charge is -2.33. The summed E-state index contributed by atoms with van der Waals surface area (Å²) in [4.78, 5) is 0. The van der Waals surface area contributed by atoms with Gasteiger partial charge in [0.15, 0.2) is 0 Å². The maximum Gasteiger partial charge on any atom is 0.461 e. The highest BCUT2D eigenvalue weighted by molar-refractivity contribution is 6.44. The van der Waals surface area contributed by atoms with E-state index >= 15 is 0 Å². The Morgan fingerprint density at radius 2 is 1.73 bits per heavy atom. The van der Waals surface area contributed by atoms with Crippen molar-refractivity contribution in [1.82, 2.24) is 0 Å². The Hall–Kier alpha value is -0.795. The summed E-state index contributed by atoms with van der Waals surface area (Å²) in [5, 5.41) is 0. The molecule has 1 aliphatic heterocycles. The van der Waals surface area contributed by atoms with Crippen LogP contribution >= 0.6 is 0 Å². The molecule has 0 amide bonds. The molecule has 1 fully saturated rings. The molecule has 0 unspecified atom stereocenters. The van der Waals surface area contributed by atoms with Gasteiger partial charge in [0.1, 0.15) is 0 Å². The third-order valence-electron chi connectivity index (χ3n) is 2.57. The van der Waals surface area contributed by atoms with Gasteiger partial charge in [0, 0.05) is 24.9 Å². The highest BCUT2D eigenvalue weighted by Crippen LogP contribution is 2.22. The lowest BCUT2D eigenvalue weighted by atomic mass is 9.77. The third kappa shape index (κ3) is 3.08. The quantitative estimate of drug-likeness (QED) is 0.688. The first-order chi connectivity index (χ1) is 7.16. The molecule has 2 rings (SSSR count). The second-order valence-corrected chi connectivity index (χ2v) is 4.91. The Bertz CT molecular complexity index is 301. The highest BCUT2D eigenvalue weighted by atomic mass is 16.6. The smallest absolute Gasteiger partial charge is 0.410 e. The number of hydrogen-bond donors (Lipinski definition) is 0. The molecule has 0 saturated carbocycles. The standard InChI is InChI=1S/C12H17BO2/c1-12(2)9-14-13(15-10-12)8-11-6-4-3-5-7-11/h3-7H,8-10H2,1-2H3. The van der Waals surface area contributed by atoms with Crippen LogP contribution in [0, 0.1) is 5.41 Å². The largest absolute Gasteiger partial charge is 0.461 e. The molecule has 1 aliphatic rings. The molecule has 3 heteroatoms. The van der Waals surface area contributed by atoms with Crippen LogP contribution in [-0.4, -0.2) is 20.3 Å². The van der Waals surface area contributed by atoms with Crippen LogP contribution in [0.5, 0.6) is 0 Å². The molecular formula is C12H17BO2. The predicted molar refractivity (Wildman–Crippen MR) is 61.6 cm³/mol. The van der Waals surface area contributed by atoms with Crippen molar-refractivity contribution in [3.05, 3.63) is 35.9 Å². The van der Waals surface area contributed by atoms with E-state index in [1.165, 1.54) is 5.56 Å². The zero-order valence-corrected chi connectivity index (χ0v) is 9.40. The Labute approximate surface area is 91.7 Å². The molecule has 0 bridgehead atoms. The minimum absolute atomic E-state index is 0.0691. The topological polar surface area (TPSA) is 18.5 Å². The Morgan fingerprint density at radius 1 is 1.13 bits per heavy atom. The molecule has 1 saturated heterocycles. The number of hydrogen-bond acceptors (Lipinski definition) is 2. The van der Waals surface area contributed by atoms with Gasteiger partial charge in [-0.15, -0.1) is 0 Å². The molecule has 0 aliphatic carbocycles. The maximum atomic E-state index is 5.67. The van der Waals surface area contributed by atoms with Crippen LogP contribution < -0.4 is 0 Å². The summed E-state index contributed by atoms with van der Waals surface area (Å²) in [5.74, 6) is 0. The molecule has 0 radical (unpaired) electrons. The lowest BCUT2D eigenvalue weighted by molar-refractivity contribution is 0.0278. The van der Waals surface area contributed by atoms with Gasteiger partial charge in [-0.3, -0.25) is 0 Å². The monoisotopic (exact) mass is 204 g/mol. The molecule has 80 valence electrons. The summed E-state index contributed by atoms with van der Waals surface area (Å²) in [6.45, 7) is 5.88. The van der Waals surface area contributed by atoms with Crippen molar-refractivity contribution in [3.8, 4) is 0 Å². The van der Waals surface area contributed by atoms with E-state index in [4.69, 9.17) is 9.31 Å². The molecule has 1 aromatic carbocycles. The Morgan fingerprint density at radius 3 is 2.33 bits per heavy atom. The summed E-state index contributed by atoms with van der Waals surface area (Å²) in [6.07, 6.45) is 0.844. The van der Waals surface area contributed by atoms with E-state index in [-0.39, 0.29) is 12.5 Å². The maximum absolute atomic E-state index is 5.67. The van der Waals surface area contributed by atoms with Crippen LogP contribution in [0.4, 0.5) is 0 Å². The van der Waals surface area contributed by atoms with Crippen molar-refractivity contribution in [2.45, 2.75) is 20.2 Å². The average Bonchev–Trinajstić information content (AvgIpc) is 2.23. The summed E-state index contributed by atoms with van der Waals surface area (Å²) < 4.78 is 11.3. The van der Waals surface area contributed by atoms with Crippen molar-refractivity contribution in [2.24, 2.45) is 5.41 Å². The van der Waals surface area contributed by atoms with E-state index in [0.29, 0.717) is 0 Å². The fourth-order valence-electron chi connectivity index (χ4n) is 1.65. The van der Waals surface area contributed by atoms with E-state index < -0.39 is 0 Å². The van der Waals surface area contributed by atoms with Crippen molar-refractivity contribution >= 4 is 7.12 Å². The van der Waals surface area contributed by atoms with Crippen LogP contribution in [0.3, 0.4) is 0 Å². The van der Waals surface area contributed by atoms with E-state index in [9.17, 15) is 0 Å². The van der Waals surface area contributed by atoms with Gasteiger partial charge in [0.05, 0.1) is 0 Å². The zero-order valence-electron chi connectivity index (χ0n) is 9.40. The van der Waals surface area contributed by atoms with Gasteiger partial charge < -0.3 is 9.31 Å². The van der Waals surface area contributed by atoms with Crippen molar-refractivity contribution < 1.29 is 9.31 Å². The van der Waals surface area contributed by atoms with Crippen molar-refractivity contribution in [1.29, 1.82) is 0 Å². The predicted octanol–water partition coefficient (Wildman–Crippen LogP) is 2.33. The molecule has 15 heavy (non-hydrogen) atoms. The Kier molecular flexibility index (Phi) is 3.12. The Balaban J connectivity index is 1.88. The van der Waals surface area contributed by atoms with Crippen LogP contribution in [0.15, 0.2) is 30.3 Å². The first kappa shape index (κ1) is 10.7. The lowest BCUT2D eigenvalue weighted by Crippen LogP contribution is -2.41. The summed E-state index contributed by atoms with van der Waals surface area (Å²) in [6, 6.07) is 10.3. The first-order valence-corrected chi connectivity index (χ1v) is 5.43. The molecule has 0 spiro atoms. The molecule has 0 aromatic heterocycles. The van der Waals surface area contributed by atoms with Gasteiger partial charge in [-0.25, -0.2) is 0 Å². The second-order valence-electron chi connectivity index (χ2n) is 4.91. The third-order valence-corrected chi connectivity index (χ3v) is 2.57. The summed E-state index contributed by atoms with van der Waals surface area (Å²) in [5.41, 5.74) is 1.43. The fraction of sp³-hybridized carbons (Fsp3) is 0.500. The van der Waals surface area contributed by atoms with Gasteiger partial charge in [-0.05, 0) is 0 Å². The van der Waals surface area contributed by atoms with Crippen molar-refractivity contribution in [3.63, 3.8) is 0 Å². The summed E-state index contributed by atoms with van der Waals surface area (Å²) in [7, 11) is -0.0691. The minimum atomic E-state index is -0.0691. The average molecular weight is 204 g/mol. The van der Waals surface area contributed by atoms with E-state index in [1.54, 1.807) is 0 Å². The molecule has 1 aromatic rings. The molecule has 0 atom stereocenters. The van der Waals surface area contributed by atoms with Crippen molar-refractivity contribution in [2.75, 3.05) is 13.2 Å². The molecule has 1 heterocycles. The normalized spacial score (nSPS) is 20.3. The molecule has 0 N–H and O–H groups in total. The van der Waals surface area contributed by atoms with Crippen LogP contribution in [0.1, 0.15) is 19.4 Å². The van der Waals surface area contributed by atoms with Gasteiger partial charge in [0.2, 0.25) is 0 Å². The number of rotatable bonds is 2. The van der Waals surface area contributed by atoms with E-state index in [2.05, 4.69) is 26.0 Å². The van der Waals surface area contributed by atoms with Gasteiger partial charge in [-0.1, -0.05) is 49.7 Å². The second kappa shape index (κ2) is 4.37. The van der Waals surface area contributed by atoms with Crippen LogP contribution in [-0.2, 0) is 15.6 Å². The van der Waals surface area contributed by atoms with Crippen LogP contribution in [0.25, 0.3) is 0 Å². The van der Waals surface area contributed by atoms with E-state index in [1.807, 2.05) is 18.2 Å². The molecular weight excluding hydrogens is 187 g/mol. The SMILES string of the molecule is CC1(C)COB(Cc2ccccc2)OC1. The summed E-state index contributed by atoms with van der Waals surface area (Å²) >= 11 is 0. The van der Waals surface area contributed by atoms with Gasteiger partial charge in [0.25, 0.3) is 0 Å². The van der Waals surface area contributed by atoms with Crippen LogP contribution in [0.2, 0.25) is 0 Å². The minimum Gasteiger partial charge on any atom is -0.410 e.